The molecule has 0 spiro atoms. The van der Waals surface area contributed by atoms with Crippen LogP contribution in [0.15, 0.2) is 29.2 Å². The van der Waals surface area contributed by atoms with Gasteiger partial charge >= 0.3 is 0 Å². The SMILES string of the molecule is CCC(CC)CS(=O)c1ccccc1F. The molecule has 0 N–H and O–H groups in total. The van der Waals surface area contributed by atoms with Crippen LogP contribution < -0.4 is 0 Å². The Balaban J connectivity index is 2.73. The minimum atomic E-state index is -1.20. The van der Waals surface area contributed by atoms with Gasteiger partial charge < -0.3 is 0 Å². The maximum Gasteiger partial charge on any atom is 0.139 e. The fourth-order valence-corrected chi connectivity index (χ4v) is 3.05. The van der Waals surface area contributed by atoms with Crippen LogP contribution in [0.25, 0.3) is 0 Å². The molecule has 1 unspecified atom stereocenters. The summed E-state index contributed by atoms with van der Waals surface area (Å²) < 4.78 is 25.2. The van der Waals surface area contributed by atoms with Crippen molar-refractivity contribution >= 4 is 10.8 Å². The summed E-state index contributed by atoms with van der Waals surface area (Å²) in [5.41, 5.74) is 0. The van der Waals surface area contributed by atoms with E-state index in [1.165, 1.54) is 6.07 Å². The predicted octanol–water partition coefficient (Wildman–Crippen LogP) is 3.37. The lowest BCUT2D eigenvalue weighted by Crippen LogP contribution is -2.10. The first-order chi connectivity index (χ1) is 7.19. The maximum absolute atomic E-state index is 13.3. The van der Waals surface area contributed by atoms with E-state index in [0.717, 1.165) is 12.8 Å². The Morgan fingerprint density at radius 1 is 1.27 bits per heavy atom. The van der Waals surface area contributed by atoms with E-state index in [0.29, 0.717) is 16.6 Å². The highest BCUT2D eigenvalue weighted by molar-refractivity contribution is 7.85. The van der Waals surface area contributed by atoms with Crippen molar-refractivity contribution in [2.45, 2.75) is 31.6 Å². The van der Waals surface area contributed by atoms with Gasteiger partial charge in [-0.25, -0.2) is 4.39 Å². The van der Waals surface area contributed by atoms with Crippen molar-refractivity contribution in [3.63, 3.8) is 0 Å². The number of benzene rings is 1. The van der Waals surface area contributed by atoms with Gasteiger partial charge in [-0.05, 0) is 18.1 Å². The monoisotopic (exact) mass is 228 g/mol. The summed E-state index contributed by atoms with van der Waals surface area (Å²) >= 11 is 0. The molecule has 0 bridgehead atoms. The summed E-state index contributed by atoms with van der Waals surface area (Å²) in [7, 11) is -1.20. The van der Waals surface area contributed by atoms with Gasteiger partial charge in [-0.15, -0.1) is 0 Å². The van der Waals surface area contributed by atoms with Crippen molar-refractivity contribution in [2.24, 2.45) is 5.92 Å². The van der Waals surface area contributed by atoms with Gasteiger partial charge in [0.15, 0.2) is 0 Å². The molecule has 15 heavy (non-hydrogen) atoms. The zero-order valence-corrected chi connectivity index (χ0v) is 10.0. The molecule has 0 saturated carbocycles. The molecule has 0 aliphatic carbocycles. The van der Waals surface area contributed by atoms with Crippen LogP contribution in [0.1, 0.15) is 26.7 Å². The summed E-state index contributed by atoms with van der Waals surface area (Å²) in [6.07, 6.45) is 1.99. The standard InChI is InChI=1S/C12H17FOS/c1-3-10(4-2)9-15(14)12-8-6-5-7-11(12)13/h5-8,10H,3-4,9H2,1-2H3. The molecular formula is C12H17FOS. The molecule has 0 fully saturated rings. The van der Waals surface area contributed by atoms with Gasteiger partial charge in [0.25, 0.3) is 0 Å². The van der Waals surface area contributed by atoms with E-state index in [9.17, 15) is 8.60 Å². The highest BCUT2D eigenvalue weighted by atomic mass is 32.2. The van der Waals surface area contributed by atoms with Gasteiger partial charge in [0, 0.05) is 5.75 Å². The molecule has 1 aromatic carbocycles. The highest BCUT2D eigenvalue weighted by Crippen LogP contribution is 2.17. The Labute approximate surface area is 93.2 Å². The van der Waals surface area contributed by atoms with Gasteiger partial charge in [0.2, 0.25) is 0 Å². The number of hydrogen-bond donors (Lipinski definition) is 0. The van der Waals surface area contributed by atoms with Gasteiger partial charge in [0.1, 0.15) is 5.82 Å². The Bertz CT molecular complexity index is 334. The Hall–Kier alpha value is -0.700. The first-order valence-electron chi connectivity index (χ1n) is 5.31. The molecule has 1 nitrogen and oxygen atoms in total. The van der Waals surface area contributed by atoms with Crippen LogP contribution in [-0.2, 0) is 10.8 Å². The molecule has 0 aromatic heterocycles. The van der Waals surface area contributed by atoms with Crippen LogP contribution in [0.5, 0.6) is 0 Å². The lowest BCUT2D eigenvalue weighted by molar-refractivity contribution is 0.541. The molecule has 3 heteroatoms. The van der Waals surface area contributed by atoms with Crippen LogP contribution in [0.3, 0.4) is 0 Å². The van der Waals surface area contributed by atoms with Crippen LogP contribution in [0.2, 0.25) is 0 Å². The molecule has 1 rings (SSSR count). The maximum atomic E-state index is 13.3. The van der Waals surface area contributed by atoms with Crippen LogP contribution in [-0.4, -0.2) is 9.96 Å². The second-order valence-corrected chi connectivity index (χ2v) is 5.09. The van der Waals surface area contributed by atoms with Crippen molar-refractivity contribution in [2.75, 3.05) is 5.75 Å². The van der Waals surface area contributed by atoms with E-state index in [1.807, 2.05) is 0 Å². The Kier molecular flexibility index (Phi) is 4.95. The third-order valence-electron chi connectivity index (χ3n) is 2.62. The summed E-state index contributed by atoms with van der Waals surface area (Å²) in [6, 6.07) is 6.31. The van der Waals surface area contributed by atoms with E-state index in [-0.39, 0.29) is 5.82 Å². The first-order valence-corrected chi connectivity index (χ1v) is 6.63. The average Bonchev–Trinajstić information content (AvgIpc) is 2.26. The van der Waals surface area contributed by atoms with Crippen molar-refractivity contribution in [3.8, 4) is 0 Å². The van der Waals surface area contributed by atoms with Gasteiger partial charge in [-0.1, -0.05) is 38.8 Å². The second-order valence-electron chi connectivity index (χ2n) is 3.63. The average molecular weight is 228 g/mol. The number of rotatable bonds is 5. The summed E-state index contributed by atoms with van der Waals surface area (Å²) in [6.45, 7) is 4.15. The molecule has 1 aromatic rings. The third-order valence-corrected chi connectivity index (χ3v) is 4.22. The largest absolute Gasteiger partial charge is 0.254 e. The van der Waals surface area contributed by atoms with Crippen LogP contribution in [0.4, 0.5) is 4.39 Å². The molecule has 0 aliphatic rings. The quantitative estimate of drug-likeness (QED) is 0.755. The zero-order chi connectivity index (χ0) is 11.3. The molecule has 0 aliphatic heterocycles. The second kappa shape index (κ2) is 6.01. The first kappa shape index (κ1) is 12.4. The number of hydrogen-bond acceptors (Lipinski definition) is 1. The minimum Gasteiger partial charge on any atom is -0.254 e. The lowest BCUT2D eigenvalue weighted by atomic mass is 10.1. The Morgan fingerprint density at radius 3 is 2.40 bits per heavy atom. The fraction of sp³-hybridized carbons (Fsp3) is 0.500. The van der Waals surface area contributed by atoms with Gasteiger partial charge in [0.05, 0.1) is 15.7 Å². The highest BCUT2D eigenvalue weighted by Gasteiger charge is 2.13. The van der Waals surface area contributed by atoms with E-state index in [2.05, 4.69) is 13.8 Å². The van der Waals surface area contributed by atoms with E-state index < -0.39 is 10.8 Å². The predicted molar refractivity (Wildman–Crippen MR) is 61.7 cm³/mol. The molecule has 0 heterocycles. The zero-order valence-electron chi connectivity index (χ0n) is 9.20. The summed E-state index contributed by atoms with van der Waals surface area (Å²) in [5, 5.41) is 0. The van der Waals surface area contributed by atoms with Gasteiger partial charge in [-0.2, -0.15) is 0 Å². The molecule has 0 saturated heterocycles. The van der Waals surface area contributed by atoms with E-state index in [4.69, 9.17) is 0 Å². The Morgan fingerprint density at radius 2 is 1.87 bits per heavy atom. The normalized spacial score (nSPS) is 13.1. The van der Waals surface area contributed by atoms with Crippen molar-refractivity contribution in [3.05, 3.63) is 30.1 Å². The van der Waals surface area contributed by atoms with E-state index in [1.54, 1.807) is 18.2 Å². The third kappa shape index (κ3) is 3.42. The molecule has 1 atom stereocenters. The van der Waals surface area contributed by atoms with Crippen LogP contribution >= 0.6 is 0 Å². The van der Waals surface area contributed by atoms with Gasteiger partial charge in [-0.3, -0.25) is 4.21 Å². The summed E-state index contributed by atoms with van der Waals surface area (Å²) in [5.74, 6) is 0.626. The smallest absolute Gasteiger partial charge is 0.139 e. The van der Waals surface area contributed by atoms with Crippen molar-refractivity contribution in [1.29, 1.82) is 0 Å². The molecule has 0 amide bonds. The van der Waals surface area contributed by atoms with E-state index >= 15 is 0 Å². The molecular weight excluding hydrogens is 211 g/mol. The molecule has 0 radical (unpaired) electrons. The van der Waals surface area contributed by atoms with Crippen LogP contribution in [0, 0.1) is 11.7 Å². The minimum absolute atomic E-state index is 0.337. The lowest BCUT2D eigenvalue weighted by Gasteiger charge is -2.11. The van der Waals surface area contributed by atoms with Crippen molar-refractivity contribution in [1.82, 2.24) is 0 Å². The summed E-state index contributed by atoms with van der Waals surface area (Å²) in [4.78, 5) is 0.337. The van der Waals surface area contributed by atoms with Crippen molar-refractivity contribution < 1.29 is 8.60 Å². The topological polar surface area (TPSA) is 17.1 Å². The molecule has 84 valence electrons. The fourth-order valence-electron chi connectivity index (χ4n) is 1.46. The number of halogens is 1.